The van der Waals surface area contributed by atoms with Crippen molar-refractivity contribution in [3.05, 3.63) is 16.1 Å². The number of hydrogen-bond donors (Lipinski definition) is 1. The van der Waals surface area contributed by atoms with E-state index in [2.05, 4.69) is 35.2 Å². The molecule has 0 aromatic carbocycles. The highest BCUT2D eigenvalue weighted by Gasteiger charge is 2.29. The summed E-state index contributed by atoms with van der Waals surface area (Å²) in [6.45, 7) is 6.84. The van der Waals surface area contributed by atoms with E-state index in [1.165, 1.54) is 29.3 Å². The molecule has 1 fully saturated rings. The predicted octanol–water partition coefficient (Wildman–Crippen LogP) is 2.45. The maximum atomic E-state index is 4.63. The standard InChI is InChI=1S/C13H23N3S/c1-10(2)16-8-4-5-12(16)13-15-9-11(17-13)6-7-14-3/h9-10,12,14H,4-8H2,1-3H3. The molecule has 4 heteroatoms. The monoisotopic (exact) mass is 253 g/mol. The van der Waals surface area contributed by atoms with Crippen LogP contribution in [0.4, 0.5) is 0 Å². The Morgan fingerprint density at radius 3 is 3.12 bits per heavy atom. The molecule has 1 atom stereocenters. The van der Waals surface area contributed by atoms with E-state index in [0.717, 1.165) is 13.0 Å². The van der Waals surface area contributed by atoms with Gasteiger partial charge < -0.3 is 5.32 Å². The number of hydrogen-bond acceptors (Lipinski definition) is 4. The Morgan fingerprint density at radius 2 is 2.41 bits per heavy atom. The van der Waals surface area contributed by atoms with Crippen LogP contribution in [0, 0.1) is 0 Å². The summed E-state index contributed by atoms with van der Waals surface area (Å²) >= 11 is 1.90. The Hall–Kier alpha value is -0.450. The third kappa shape index (κ3) is 3.06. The third-order valence-corrected chi connectivity index (χ3v) is 4.59. The second-order valence-corrected chi connectivity index (χ2v) is 6.15. The van der Waals surface area contributed by atoms with Gasteiger partial charge in [-0.05, 0) is 53.2 Å². The van der Waals surface area contributed by atoms with Gasteiger partial charge in [-0.2, -0.15) is 0 Å². The molecule has 2 rings (SSSR count). The predicted molar refractivity (Wildman–Crippen MR) is 73.6 cm³/mol. The van der Waals surface area contributed by atoms with Gasteiger partial charge in [0.2, 0.25) is 0 Å². The summed E-state index contributed by atoms with van der Waals surface area (Å²) in [6.07, 6.45) is 5.75. The Morgan fingerprint density at radius 1 is 1.59 bits per heavy atom. The van der Waals surface area contributed by atoms with Crippen LogP contribution in [0.15, 0.2) is 6.20 Å². The molecule has 1 unspecified atom stereocenters. The maximum Gasteiger partial charge on any atom is 0.110 e. The fourth-order valence-electron chi connectivity index (χ4n) is 2.51. The molecule has 1 saturated heterocycles. The average Bonchev–Trinajstić information content (AvgIpc) is 2.94. The molecule has 2 heterocycles. The highest BCUT2D eigenvalue weighted by atomic mass is 32.1. The van der Waals surface area contributed by atoms with Crippen molar-refractivity contribution in [2.24, 2.45) is 0 Å². The highest BCUT2D eigenvalue weighted by molar-refractivity contribution is 7.11. The lowest BCUT2D eigenvalue weighted by Gasteiger charge is -2.26. The van der Waals surface area contributed by atoms with Crippen molar-refractivity contribution in [3.8, 4) is 0 Å². The number of aromatic nitrogens is 1. The van der Waals surface area contributed by atoms with Crippen LogP contribution in [0.5, 0.6) is 0 Å². The normalized spacial score (nSPS) is 21.5. The zero-order valence-electron chi connectivity index (χ0n) is 11.1. The number of nitrogens with zero attached hydrogens (tertiary/aromatic N) is 2. The van der Waals surface area contributed by atoms with Crippen molar-refractivity contribution in [3.63, 3.8) is 0 Å². The Bertz CT molecular complexity index is 348. The van der Waals surface area contributed by atoms with Gasteiger partial charge in [-0.3, -0.25) is 4.90 Å². The first-order valence-corrected chi connectivity index (χ1v) is 7.39. The molecule has 0 amide bonds. The van der Waals surface area contributed by atoms with Crippen molar-refractivity contribution < 1.29 is 0 Å². The van der Waals surface area contributed by atoms with Crippen LogP contribution in [0.1, 0.15) is 42.6 Å². The summed E-state index contributed by atoms with van der Waals surface area (Å²) < 4.78 is 0. The van der Waals surface area contributed by atoms with E-state index in [9.17, 15) is 0 Å². The van der Waals surface area contributed by atoms with E-state index in [0.29, 0.717) is 12.1 Å². The van der Waals surface area contributed by atoms with Crippen LogP contribution in [-0.4, -0.2) is 36.1 Å². The van der Waals surface area contributed by atoms with Gasteiger partial charge in [0.1, 0.15) is 5.01 Å². The second-order valence-electron chi connectivity index (χ2n) is 5.01. The number of likely N-dealkylation sites (tertiary alicyclic amines) is 1. The molecule has 0 radical (unpaired) electrons. The Kier molecular flexibility index (Phi) is 4.54. The van der Waals surface area contributed by atoms with Crippen LogP contribution in [0.3, 0.4) is 0 Å². The second kappa shape index (κ2) is 5.94. The molecular formula is C13H23N3S. The van der Waals surface area contributed by atoms with Gasteiger partial charge in [-0.1, -0.05) is 0 Å². The Balaban J connectivity index is 2.03. The van der Waals surface area contributed by atoms with E-state index in [1.54, 1.807) is 0 Å². The molecule has 96 valence electrons. The molecule has 1 aromatic rings. The van der Waals surface area contributed by atoms with Gasteiger partial charge in [0.25, 0.3) is 0 Å². The first kappa shape index (κ1) is 13.0. The summed E-state index contributed by atoms with van der Waals surface area (Å²) in [5.41, 5.74) is 0. The minimum Gasteiger partial charge on any atom is -0.319 e. The molecule has 0 spiro atoms. The van der Waals surface area contributed by atoms with Gasteiger partial charge in [-0.15, -0.1) is 11.3 Å². The van der Waals surface area contributed by atoms with E-state index >= 15 is 0 Å². The van der Waals surface area contributed by atoms with Gasteiger partial charge in [0.15, 0.2) is 0 Å². The molecular weight excluding hydrogens is 230 g/mol. The lowest BCUT2D eigenvalue weighted by Crippen LogP contribution is -2.30. The minimum atomic E-state index is 0.573. The van der Waals surface area contributed by atoms with Gasteiger partial charge in [0.05, 0.1) is 6.04 Å². The lowest BCUT2D eigenvalue weighted by atomic mass is 10.2. The van der Waals surface area contributed by atoms with E-state index in [1.807, 2.05) is 18.4 Å². The quantitative estimate of drug-likeness (QED) is 0.873. The minimum absolute atomic E-state index is 0.573. The number of thiazole rings is 1. The molecule has 3 nitrogen and oxygen atoms in total. The fraction of sp³-hybridized carbons (Fsp3) is 0.769. The van der Waals surface area contributed by atoms with Crippen molar-refractivity contribution >= 4 is 11.3 Å². The van der Waals surface area contributed by atoms with E-state index < -0.39 is 0 Å². The SMILES string of the molecule is CNCCc1cnc(C2CCCN2C(C)C)s1. The zero-order valence-corrected chi connectivity index (χ0v) is 11.9. The number of rotatable bonds is 5. The van der Waals surface area contributed by atoms with Crippen LogP contribution in [-0.2, 0) is 6.42 Å². The maximum absolute atomic E-state index is 4.63. The summed E-state index contributed by atoms with van der Waals surface area (Å²) in [6, 6.07) is 1.20. The largest absolute Gasteiger partial charge is 0.319 e. The summed E-state index contributed by atoms with van der Waals surface area (Å²) in [5.74, 6) is 0. The number of likely N-dealkylation sites (N-methyl/N-ethyl adjacent to an activating group) is 1. The van der Waals surface area contributed by atoms with E-state index in [-0.39, 0.29) is 0 Å². The Labute approximate surface area is 108 Å². The van der Waals surface area contributed by atoms with Crippen molar-refractivity contribution in [1.82, 2.24) is 15.2 Å². The van der Waals surface area contributed by atoms with Crippen LogP contribution < -0.4 is 5.32 Å². The first-order valence-electron chi connectivity index (χ1n) is 6.57. The van der Waals surface area contributed by atoms with Crippen molar-refractivity contribution in [2.45, 2.75) is 45.2 Å². The van der Waals surface area contributed by atoms with Gasteiger partial charge >= 0.3 is 0 Å². The van der Waals surface area contributed by atoms with Crippen LogP contribution in [0.2, 0.25) is 0 Å². The third-order valence-electron chi connectivity index (χ3n) is 3.44. The first-order chi connectivity index (χ1) is 8.22. The zero-order chi connectivity index (χ0) is 12.3. The molecule has 0 bridgehead atoms. The smallest absolute Gasteiger partial charge is 0.110 e. The number of nitrogens with one attached hydrogen (secondary N) is 1. The summed E-state index contributed by atoms with van der Waals surface area (Å²) in [4.78, 5) is 8.62. The van der Waals surface area contributed by atoms with Gasteiger partial charge in [-0.25, -0.2) is 4.98 Å². The molecule has 0 saturated carbocycles. The lowest BCUT2D eigenvalue weighted by molar-refractivity contribution is 0.205. The van der Waals surface area contributed by atoms with Gasteiger partial charge in [0, 0.05) is 17.1 Å². The molecule has 0 aliphatic carbocycles. The molecule has 17 heavy (non-hydrogen) atoms. The topological polar surface area (TPSA) is 28.2 Å². The molecule has 1 aromatic heterocycles. The summed E-state index contributed by atoms with van der Waals surface area (Å²) in [5, 5.41) is 4.51. The van der Waals surface area contributed by atoms with Crippen LogP contribution in [0.25, 0.3) is 0 Å². The van der Waals surface area contributed by atoms with Crippen molar-refractivity contribution in [1.29, 1.82) is 0 Å². The molecule has 1 N–H and O–H groups in total. The molecule has 1 aliphatic heterocycles. The molecule has 1 aliphatic rings. The average molecular weight is 253 g/mol. The van der Waals surface area contributed by atoms with Crippen LogP contribution >= 0.6 is 11.3 Å². The highest BCUT2D eigenvalue weighted by Crippen LogP contribution is 2.35. The van der Waals surface area contributed by atoms with Crippen molar-refractivity contribution in [2.75, 3.05) is 20.1 Å². The van der Waals surface area contributed by atoms with E-state index in [4.69, 9.17) is 0 Å². The summed E-state index contributed by atoms with van der Waals surface area (Å²) in [7, 11) is 2.00. The fourth-order valence-corrected chi connectivity index (χ4v) is 3.59.